The number of para-hydroxylation sites is 1. The Labute approximate surface area is 125 Å². The standard InChI is InChI=1S/C17H23N3O/c1-5-13-19-14(16(18)20(13)6-2)12-9-7-8-11-10-17(3,4)21-15(11)12/h7-9H,5-6,10,18H2,1-4H3. The van der Waals surface area contributed by atoms with Crippen LogP contribution in [0, 0.1) is 0 Å². The Balaban J connectivity index is 2.16. The number of aryl methyl sites for hydroxylation is 1. The molecule has 0 amide bonds. The number of imidazole rings is 1. The maximum atomic E-state index is 6.33. The van der Waals surface area contributed by atoms with Crippen LogP contribution in [0.15, 0.2) is 18.2 Å². The van der Waals surface area contributed by atoms with Crippen LogP contribution in [0.2, 0.25) is 0 Å². The maximum Gasteiger partial charge on any atom is 0.133 e. The third-order valence-corrected chi connectivity index (χ3v) is 4.06. The Morgan fingerprint density at radius 3 is 2.71 bits per heavy atom. The highest BCUT2D eigenvalue weighted by Crippen LogP contribution is 2.43. The van der Waals surface area contributed by atoms with Gasteiger partial charge < -0.3 is 15.0 Å². The van der Waals surface area contributed by atoms with Crippen LogP contribution in [0.1, 0.15) is 39.1 Å². The lowest BCUT2D eigenvalue weighted by Gasteiger charge is -2.18. The fourth-order valence-electron chi connectivity index (χ4n) is 3.14. The molecule has 1 aliphatic rings. The van der Waals surface area contributed by atoms with Crippen LogP contribution in [0.3, 0.4) is 0 Å². The van der Waals surface area contributed by atoms with Crippen molar-refractivity contribution in [2.45, 2.75) is 52.7 Å². The number of benzene rings is 1. The summed E-state index contributed by atoms with van der Waals surface area (Å²) in [6, 6.07) is 6.24. The normalized spacial score (nSPS) is 15.8. The van der Waals surface area contributed by atoms with E-state index in [1.807, 2.05) is 0 Å². The molecule has 0 spiro atoms. The van der Waals surface area contributed by atoms with E-state index in [2.05, 4.69) is 50.5 Å². The number of hydrogen-bond donors (Lipinski definition) is 1. The number of ether oxygens (including phenoxy) is 1. The number of aromatic nitrogens is 2. The summed E-state index contributed by atoms with van der Waals surface area (Å²) in [6.07, 6.45) is 1.80. The molecule has 2 N–H and O–H groups in total. The SMILES string of the molecule is CCc1nc(-c2cccc3c2OC(C)(C)C3)c(N)n1CC. The molecule has 0 saturated carbocycles. The summed E-state index contributed by atoms with van der Waals surface area (Å²) in [6.45, 7) is 9.26. The number of hydrogen-bond acceptors (Lipinski definition) is 3. The van der Waals surface area contributed by atoms with Crippen LogP contribution < -0.4 is 10.5 Å². The van der Waals surface area contributed by atoms with Gasteiger partial charge in [-0.3, -0.25) is 0 Å². The van der Waals surface area contributed by atoms with Gasteiger partial charge in [0.25, 0.3) is 0 Å². The molecule has 3 rings (SSSR count). The first-order chi connectivity index (χ1) is 9.96. The van der Waals surface area contributed by atoms with Gasteiger partial charge in [-0.05, 0) is 32.4 Å². The molecular weight excluding hydrogens is 262 g/mol. The molecule has 0 atom stereocenters. The van der Waals surface area contributed by atoms with Crippen molar-refractivity contribution in [1.29, 1.82) is 0 Å². The Morgan fingerprint density at radius 1 is 1.33 bits per heavy atom. The molecule has 2 heterocycles. The molecule has 0 fully saturated rings. The molecule has 4 heteroatoms. The van der Waals surface area contributed by atoms with E-state index in [0.29, 0.717) is 0 Å². The monoisotopic (exact) mass is 285 g/mol. The Morgan fingerprint density at radius 2 is 2.10 bits per heavy atom. The van der Waals surface area contributed by atoms with Crippen molar-refractivity contribution in [3.05, 3.63) is 29.6 Å². The van der Waals surface area contributed by atoms with Crippen molar-refractivity contribution in [1.82, 2.24) is 9.55 Å². The maximum absolute atomic E-state index is 6.33. The number of nitrogens with two attached hydrogens (primary N) is 1. The Bertz CT molecular complexity index is 686. The lowest BCUT2D eigenvalue weighted by molar-refractivity contribution is 0.139. The minimum Gasteiger partial charge on any atom is -0.487 e. The number of fused-ring (bicyclic) bond motifs is 1. The fourth-order valence-corrected chi connectivity index (χ4v) is 3.14. The first-order valence-corrected chi connectivity index (χ1v) is 7.63. The third-order valence-electron chi connectivity index (χ3n) is 4.06. The van der Waals surface area contributed by atoms with Crippen LogP contribution in [-0.4, -0.2) is 15.2 Å². The number of rotatable bonds is 3. The molecule has 0 aliphatic carbocycles. The summed E-state index contributed by atoms with van der Waals surface area (Å²) >= 11 is 0. The summed E-state index contributed by atoms with van der Waals surface area (Å²) in [4.78, 5) is 4.75. The van der Waals surface area contributed by atoms with Crippen molar-refractivity contribution < 1.29 is 4.74 Å². The second-order valence-corrected chi connectivity index (χ2v) is 6.19. The van der Waals surface area contributed by atoms with Gasteiger partial charge in [-0.1, -0.05) is 19.1 Å². The molecule has 0 bridgehead atoms. The Kier molecular flexibility index (Phi) is 3.19. The van der Waals surface area contributed by atoms with Crippen molar-refractivity contribution >= 4 is 5.82 Å². The van der Waals surface area contributed by atoms with Crippen molar-refractivity contribution in [2.75, 3.05) is 5.73 Å². The van der Waals surface area contributed by atoms with E-state index in [4.69, 9.17) is 15.5 Å². The molecule has 1 aliphatic heterocycles. The first kappa shape index (κ1) is 14.0. The van der Waals surface area contributed by atoms with Crippen LogP contribution in [-0.2, 0) is 19.4 Å². The predicted molar refractivity (Wildman–Crippen MR) is 85.5 cm³/mol. The second kappa shape index (κ2) is 4.79. The topological polar surface area (TPSA) is 53.1 Å². The van der Waals surface area contributed by atoms with Gasteiger partial charge in [0.05, 0.1) is 0 Å². The largest absolute Gasteiger partial charge is 0.487 e. The molecule has 0 unspecified atom stereocenters. The van der Waals surface area contributed by atoms with Crippen molar-refractivity contribution in [2.24, 2.45) is 0 Å². The van der Waals surface area contributed by atoms with Gasteiger partial charge in [-0.2, -0.15) is 0 Å². The molecule has 21 heavy (non-hydrogen) atoms. The molecule has 112 valence electrons. The summed E-state index contributed by atoms with van der Waals surface area (Å²) in [5.41, 5.74) is 9.27. The summed E-state index contributed by atoms with van der Waals surface area (Å²) in [5.74, 6) is 2.70. The molecule has 2 aromatic rings. The number of nitrogen functional groups attached to an aromatic ring is 1. The molecule has 1 aromatic carbocycles. The molecule has 0 radical (unpaired) electrons. The fraction of sp³-hybridized carbons (Fsp3) is 0.471. The number of anilines is 1. The molecular formula is C17H23N3O. The van der Waals surface area contributed by atoms with Gasteiger partial charge in [0.2, 0.25) is 0 Å². The zero-order valence-electron chi connectivity index (χ0n) is 13.2. The highest BCUT2D eigenvalue weighted by atomic mass is 16.5. The average Bonchev–Trinajstić information content (AvgIpc) is 2.93. The van der Waals surface area contributed by atoms with E-state index in [-0.39, 0.29) is 5.60 Å². The number of nitrogens with zero attached hydrogens (tertiary/aromatic N) is 2. The molecule has 4 nitrogen and oxygen atoms in total. The van der Waals surface area contributed by atoms with E-state index in [1.165, 1.54) is 5.56 Å². The van der Waals surface area contributed by atoms with Gasteiger partial charge in [0.15, 0.2) is 0 Å². The summed E-state index contributed by atoms with van der Waals surface area (Å²) in [7, 11) is 0. The quantitative estimate of drug-likeness (QED) is 0.940. The first-order valence-electron chi connectivity index (χ1n) is 7.63. The van der Waals surface area contributed by atoms with E-state index >= 15 is 0 Å². The van der Waals surface area contributed by atoms with Crippen LogP contribution in [0.4, 0.5) is 5.82 Å². The molecule has 0 saturated heterocycles. The van der Waals surface area contributed by atoms with Gasteiger partial charge in [-0.15, -0.1) is 0 Å². The lowest BCUT2D eigenvalue weighted by atomic mass is 10.00. The average molecular weight is 285 g/mol. The van der Waals surface area contributed by atoms with E-state index < -0.39 is 0 Å². The zero-order valence-corrected chi connectivity index (χ0v) is 13.2. The summed E-state index contributed by atoms with van der Waals surface area (Å²) in [5, 5.41) is 0. The van der Waals surface area contributed by atoms with E-state index in [9.17, 15) is 0 Å². The minimum atomic E-state index is -0.159. The van der Waals surface area contributed by atoms with E-state index in [1.54, 1.807) is 0 Å². The zero-order chi connectivity index (χ0) is 15.2. The van der Waals surface area contributed by atoms with Gasteiger partial charge >= 0.3 is 0 Å². The highest BCUT2D eigenvalue weighted by Gasteiger charge is 2.33. The van der Waals surface area contributed by atoms with Crippen LogP contribution in [0.25, 0.3) is 11.3 Å². The van der Waals surface area contributed by atoms with Crippen molar-refractivity contribution in [3.8, 4) is 17.0 Å². The highest BCUT2D eigenvalue weighted by molar-refractivity contribution is 5.78. The van der Waals surface area contributed by atoms with Crippen molar-refractivity contribution in [3.63, 3.8) is 0 Å². The summed E-state index contributed by atoms with van der Waals surface area (Å²) < 4.78 is 8.22. The van der Waals surface area contributed by atoms with Gasteiger partial charge in [-0.25, -0.2) is 4.98 Å². The van der Waals surface area contributed by atoms with Crippen LogP contribution >= 0.6 is 0 Å². The lowest BCUT2D eigenvalue weighted by Crippen LogP contribution is -2.24. The van der Waals surface area contributed by atoms with Crippen LogP contribution in [0.5, 0.6) is 5.75 Å². The van der Waals surface area contributed by atoms with E-state index in [0.717, 1.165) is 48.0 Å². The minimum absolute atomic E-state index is 0.159. The smallest absolute Gasteiger partial charge is 0.133 e. The third kappa shape index (κ3) is 2.19. The second-order valence-electron chi connectivity index (χ2n) is 6.19. The predicted octanol–water partition coefficient (Wildman–Crippen LogP) is 3.43. The van der Waals surface area contributed by atoms with Gasteiger partial charge in [0, 0.05) is 24.9 Å². The van der Waals surface area contributed by atoms with Gasteiger partial charge in [0.1, 0.15) is 28.7 Å². The molecule has 1 aromatic heterocycles. The Hall–Kier alpha value is -1.97.